The molecule has 20 heavy (non-hydrogen) atoms. The van der Waals surface area contributed by atoms with Crippen LogP contribution in [0.2, 0.25) is 0 Å². The highest BCUT2D eigenvalue weighted by Gasteiger charge is 2.28. The summed E-state index contributed by atoms with van der Waals surface area (Å²) in [5, 5.41) is 0. The fourth-order valence-corrected chi connectivity index (χ4v) is 2.41. The number of hydrogen-bond donors (Lipinski definition) is 0. The maximum absolute atomic E-state index is 11.7. The predicted molar refractivity (Wildman–Crippen MR) is 85.1 cm³/mol. The summed E-state index contributed by atoms with van der Waals surface area (Å²) in [6, 6.07) is 10.1. The van der Waals surface area contributed by atoms with Gasteiger partial charge in [-0.3, -0.25) is 0 Å². The van der Waals surface area contributed by atoms with Gasteiger partial charge >= 0.3 is 0 Å². The largest absolute Gasteiger partial charge is 0.308 e. The second kappa shape index (κ2) is 8.18. The van der Waals surface area contributed by atoms with E-state index < -0.39 is 5.41 Å². The standard InChI is InChI=1S/C17H28N2O/c1-5-11-19(13-12-18(3)4)14-17(2,15-20)16-9-7-6-8-10-16/h6-10,15H,5,11-14H2,1-4H3. The predicted octanol–water partition coefficient (Wildman–Crippen LogP) is 2.42. The van der Waals surface area contributed by atoms with Crippen LogP contribution in [0.15, 0.2) is 30.3 Å². The summed E-state index contributed by atoms with van der Waals surface area (Å²) in [6.07, 6.45) is 2.21. The average molecular weight is 276 g/mol. The van der Waals surface area contributed by atoms with Crippen molar-refractivity contribution < 1.29 is 4.79 Å². The molecule has 1 atom stereocenters. The normalized spacial score (nSPS) is 14.5. The molecule has 1 aromatic carbocycles. The molecule has 0 heterocycles. The molecule has 1 aromatic rings. The molecule has 0 aliphatic rings. The van der Waals surface area contributed by atoms with Gasteiger partial charge in [0.25, 0.3) is 0 Å². The third-order valence-electron chi connectivity index (χ3n) is 3.65. The molecule has 0 saturated carbocycles. The lowest BCUT2D eigenvalue weighted by Gasteiger charge is -2.32. The van der Waals surface area contributed by atoms with E-state index in [0.717, 1.165) is 44.4 Å². The van der Waals surface area contributed by atoms with Gasteiger partial charge in [0.15, 0.2) is 0 Å². The van der Waals surface area contributed by atoms with Gasteiger partial charge in [0, 0.05) is 19.6 Å². The highest BCUT2D eigenvalue weighted by atomic mass is 16.1. The summed E-state index contributed by atoms with van der Waals surface area (Å²) in [5.74, 6) is 0. The Kier molecular flexibility index (Phi) is 6.89. The van der Waals surface area contributed by atoms with Gasteiger partial charge in [0.2, 0.25) is 0 Å². The lowest BCUT2D eigenvalue weighted by molar-refractivity contribution is -0.112. The second-order valence-electron chi connectivity index (χ2n) is 5.98. The van der Waals surface area contributed by atoms with E-state index >= 15 is 0 Å². The van der Waals surface area contributed by atoms with Crippen molar-refractivity contribution in [2.75, 3.05) is 40.3 Å². The van der Waals surface area contributed by atoms with Crippen LogP contribution in [0, 0.1) is 0 Å². The number of carbonyl (C=O) groups excluding carboxylic acids is 1. The van der Waals surface area contributed by atoms with Crippen LogP contribution in [0.3, 0.4) is 0 Å². The number of rotatable bonds is 9. The lowest BCUT2D eigenvalue weighted by atomic mass is 9.83. The summed E-state index contributed by atoms with van der Waals surface area (Å²) < 4.78 is 0. The van der Waals surface area contributed by atoms with Crippen molar-refractivity contribution in [2.45, 2.75) is 25.7 Å². The molecule has 0 amide bonds. The molecular weight excluding hydrogens is 248 g/mol. The zero-order valence-electron chi connectivity index (χ0n) is 13.3. The van der Waals surface area contributed by atoms with Gasteiger partial charge in [-0.25, -0.2) is 0 Å². The first kappa shape index (κ1) is 16.9. The Morgan fingerprint density at radius 2 is 1.75 bits per heavy atom. The van der Waals surface area contributed by atoms with E-state index in [1.54, 1.807) is 0 Å². The fourth-order valence-electron chi connectivity index (χ4n) is 2.41. The molecule has 0 aromatic heterocycles. The Morgan fingerprint density at radius 3 is 2.25 bits per heavy atom. The van der Waals surface area contributed by atoms with Crippen molar-refractivity contribution in [1.29, 1.82) is 0 Å². The van der Waals surface area contributed by atoms with Crippen LogP contribution in [0.5, 0.6) is 0 Å². The van der Waals surface area contributed by atoms with E-state index in [1.165, 1.54) is 0 Å². The van der Waals surface area contributed by atoms with Gasteiger partial charge < -0.3 is 14.6 Å². The molecule has 1 rings (SSSR count). The topological polar surface area (TPSA) is 23.6 Å². The van der Waals surface area contributed by atoms with Gasteiger partial charge in [-0.1, -0.05) is 37.3 Å². The Hall–Kier alpha value is -1.19. The minimum Gasteiger partial charge on any atom is -0.308 e. The molecule has 0 fully saturated rings. The van der Waals surface area contributed by atoms with E-state index in [0.29, 0.717) is 0 Å². The minimum absolute atomic E-state index is 0.428. The highest BCUT2D eigenvalue weighted by molar-refractivity contribution is 5.68. The number of aldehydes is 1. The van der Waals surface area contributed by atoms with Gasteiger partial charge in [-0.15, -0.1) is 0 Å². The third kappa shape index (κ3) is 5.06. The van der Waals surface area contributed by atoms with E-state index in [4.69, 9.17) is 0 Å². The van der Waals surface area contributed by atoms with Crippen LogP contribution >= 0.6 is 0 Å². The zero-order chi connectivity index (χ0) is 15.0. The van der Waals surface area contributed by atoms with Crippen molar-refractivity contribution in [1.82, 2.24) is 9.80 Å². The third-order valence-corrected chi connectivity index (χ3v) is 3.65. The zero-order valence-corrected chi connectivity index (χ0v) is 13.3. The lowest BCUT2D eigenvalue weighted by Crippen LogP contribution is -2.43. The van der Waals surface area contributed by atoms with Gasteiger partial charge in [0.05, 0.1) is 5.41 Å². The average Bonchev–Trinajstić information content (AvgIpc) is 2.45. The van der Waals surface area contributed by atoms with Crippen LogP contribution in [0.1, 0.15) is 25.8 Å². The molecule has 0 saturated heterocycles. The fraction of sp³-hybridized carbons (Fsp3) is 0.588. The molecule has 0 spiro atoms. The van der Waals surface area contributed by atoms with Crippen molar-refractivity contribution in [3.8, 4) is 0 Å². The molecule has 1 unspecified atom stereocenters. The molecule has 3 heteroatoms. The van der Waals surface area contributed by atoms with Crippen LogP contribution in [0.4, 0.5) is 0 Å². The number of benzene rings is 1. The molecular formula is C17H28N2O. The van der Waals surface area contributed by atoms with E-state index in [2.05, 4.69) is 30.8 Å². The SMILES string of the molecule is CCCN(CCN(C)C)CC(C)(C=O)c1ccccc1. The van der Waals surface area contributed by atoms with E-state index in [9.17, 15) is 4.79 Å². The molecule has 0 aliphatic carbocycles. The van der Waals surface area contributed by atoms with Crippen LogP contribution in [-0.2, 0) is 10.2 Å². The first-order valence-electron chi connectivity index (χ1n) is 7.41. The number of likely N-dealkylation sites (N-methyl/N-ethyl adjacent to an activating group) is 1. The quantitative estimate of drug-likeness (QED) is 0.647. The van der Waals surface area contributed by atoms with Gasteiger partial charge in [-0.2, -0.15) is 0 Å². The molecule has 0 radical (unpaired) electrons. The summed E-state index contributed by atoms with van der Waals surface area (Å²) in [6.45, 7) is 8.05. The highest BCUT2D eigenvalue weighted by Crippen LogP contribution is 2.22. The maximum atomic E-state index is 11.7. The molecule has 3 nitrogen and oxygen atoms in total. The number of hydrogen-bond acceptors (Lipinski definition) is 3. The number of nitrogens with zero attached hydrogens (tertiary/aromatic N) is 2. The Labute approximate surface area is 123 Å². The smallest absolute Gasteiger partial charge is 0.131 e. The van der Waals surface area contributed by atoms with Crippen molar-refractivity contribution in [3.63, 3.8) is 0 Å². The van der Waals surface area contributed by atoms with Crippen LogP contribution in [0.25, 0.3) is 0 Å². The first-order valence-corrected chi connectivity index (χ1v) is 7.41. The Balaban J connectivity index is 2.79. The summed E-state index contributed by atoms with van der Waals surface area (Å²) in [7, 11) is 4.17. The van der Waals surface area contributed by atoms with Gasteiger partial charge in [-0.05, 0) is 39.5 Å². The number of carbonyl (C=O) groups is 1. The van der Waals surface area contributed by atoms with Crippen molar-refractivity contribution in [3.05, 3.63) is 35.9 Å². The van der Waals surface area contributed by atoms with Crippen molar-refractivity contribution >= 4 is 6.29 Å². The van der Waals surface area contributed by atoms with Crippen molar-refractivity contribution in [2.24, 2.45) is 0 Å². The summed E-state index contributed by atoms with van der Waals surface area (Å²) in [5.41, 5.74) is 0.670. The van der Waals surface area contributed by atoms with Crippen LogP contribution < -0.4 is 0 Å². The Bertz CT molecular complexity index is 391. The van der Waals surface area contributed by atoms with Gasteiger partial charge in [0.1, 0.15) is 6.29 Å². The Morgan fingerprint density at radius 1 is 1.10 bits per heavy atom. The van der Waals surface area contributed by atoms with E-state index in [-0.39, 0.29) is 0 Å². The first-order chi connectivity index (χ1) is 9.51. The minimum atomic E-state index is -0.428. The monoisotopic (exact) mass is 276 g/mol. The maximum Gasteiger partial charge on any atom is 0.131 e. The second-order valence-corrected chi connectivity index (χ2v) is 5.98. The van der Waals surface area contributed by atoms with Crippen LogP contribution in [-0.4, -0.2) is 56.4 Å². The molecule has 0 aliphatic heterocycles. The summed E-state index contributed by atoms with van der Waals surface area (Å²) in [4.78, 5) is 16.2. The molecule has 112 valence electrons. The van der Waals surface area contributed by atoms with E-state index in [1.807, 2.05) is 37.3 Å². The molecule has 0 N–H and O–H groups in total. The molecule has 0 bridgehead atoms. The summed E-state index contributed by atoms with van der Waals surface area (Å²) >= 11 is 0.